The number of hydrogen-bond donors (Lipinski definition) is 1. The maximum Gasteiger partial charge on any atom is 0.332 e. The standard InChI is InChI=1S/C23H25N3O4/c1-30-19-13-11-16(12-14-19)24-21(27)15-20-22(28)26(18-7-3-2-4-8-18)23(29)25(20)17-9-5-6-10-17/h2-4,7-8,11-14,17,20H,5-6,9-10,15H2,1H3,(H,24,27)/t20-/m1/s1. The van der Waals surface area contributed by atoms with Crippen LogP contribution in [-0.4, -0.2) is 41.9 Å². The molecule has 1 saturated carbocycles. The van der Waals surface area contributed by atoms with Crippen LogP contribution in [0.4, 0.5) is 16.2 Å². The summed E-state index contributed by atoms with van der Waals surface area (Å²) in [7, 11) is 1.58. The van der Waals surface area contributed by atoms with Crippen molar-refractivity contribution in [3.63, 3.8) is 0 Å². The quantitative estimate of drug-likeness (QED) is 0.739. The Morgan fingerprint density at radius 1 is 1.03 bits per heavy atom. The minimum atomic E-state index is -0.793. The monoisotopic (exact) mass is 407 g/mol. The minimum Gasteiger partial charge on any atom is -0.497 e. The summed E-state index contributed by atoms with van der Waals surface area (Å²) < 4.78 is 5.13. The highest BCUT2D eigenvalue weighted by Crippen LogP contribution is 2.34. The molecule has 4 amide bonds. The molecule has 1 heterocycles. The van der Waals surface area contributed by atoms with E-state index in [4.69, 9.17) is 4.74 Å². The molecule has 2 aromatic carbocycles. The third kappa shape index (κ3) is 3.87. The van der Waals surface area contributed by atoms with Gasteiger partial charge in [0.2, 0.25) is 5.91 Å². The summed E-state index contributed by atoms with van der Waals surface area (Å²) >= 11 is 0. The van der Waals surface area contributed by atoms with Crippen LogP contribution < -0.4 is 15.0 Å². The van der Waals surface area contributed by atoms with E-state index in [2.05, 4.69) is 5.32 Å². The predicted molar refractivity (Wildman–Crippen MR) is 113 cm³/mol. The lowest BCUT2D eigenvalue weighted by Crippen LogP contribution is -2.43. The van der Waals surface area contributed by atoms with Crippen molar-refractivity contribution in [3.8, 4) is 5.75 Å². The zero-order chi connectivity index (χ0) is 21.1. The number of carbonyl (C=O) groups is 3. The number of amides is 4. The number of hydrogen-bond acceptors (Lipinski definition) is 4. The second-order valence-electron chi connectivity index (χ2n) is 7.63. The normalized spacial score (nSPS) is 19.4. The summed E-state index contributed by atoms with van der Waals surface area (Å²) in [6.07, 6.45) is 3.70. The average molecular weight is 407 g/mol. The first-order chi connectivity index (χ1) is 14.6. The molecule has 2 aromatic rings. The molecule has 4 rings (SSSR count). The summed E-state index contributed by atoms with van der Waals surface area (Å²) in [5.41, 5.74) is 1.15. The lowest BCUT2D eigenvalue weighted by atomic mass is 10.1. The lowest BCUT2D eigenvalue weighted by Gasteiger charge is -2.27. The zero-order valence-electron chi connectivity index (χ0n) is 16.9. The van der Waals surface area contributed by atoms with Crippen LogP contribution in [0, 0.1) is 0 Å². The van der Waals surface area contributed by atoms with Crippen molar-refractivity contribution in [2.45, 2.75) is 44.2 Å². The highest BCUT2D eigenvalue weighted by molar-refractivity contribution is 6.22. The molecule has 1 atom stereocenters. The Morgan fingerprint density at radius 3 is 2.33 bits per heavy atom. The minimum absolute atomic E-state index is 0.00560. The van der Waals surface area contributed by atoms with E-state index in [1.807, 2.05) is 6.07 Å². The Morgan fingerprint density at radius 2 is 1.70 bits per heavy atom. The molecule has 2 fully saturated rings. The van der Waals surface area contributed by atoms with Gasteiger partial charge in [-0.15, -0.1) is 0 Å². The molecule has 2 aliphatic rings. The average Bonchev–Trinajstić information content (AvgIpc) is 3.36. The van der Waals surface area contributed by atoms with E-state index in [1.54, 1.807) is 60.5 Å². The van der Waals surface area contributed by atoms with Crippen molar-refractivity contribution in [2.24, 2.45) is 0 Å². The molecule has 0 spiro atoms. The molecule has 1 saturated heterocycles. The van der Waals surface area contributed by atoms with E-state index < -0.39 is 6.04 Å². The number of ether oxygens (including phenoxy) is 1. The third-order valence-corrected chi connectivity index (χ3v) is 5.74. The van der Waals surface area contributed by atoms with Crippen molar-refractivity contribution in [1.82, 2.24) is 4.90 Å². The number of urea groups is 1. The van der Waals surface area contributed by atoms with Gasteiger partial charge in [0, 0.05) is 11.7 Å². The number of benzene rings is 2. The van der Waals surface area contributed by atoms with Crippen LogP contribution in [0.2, 0.25) is 0 Å². The van der Waals surface area contributed by atoms with Gasteiger partial charge in [-0.05, 0) is 49.2 Å². The molecular weight excluding hydrogens is 382 g/mol. The van der Waals surface area contributed by atoms with Crippen LogP contribution in [0.3, 0.4) is 0 Å². The number of methoxy groups -OCH3 is 1. The number of rotatable bonds is 6. The highest BCUT2D eigenvalue weighted by Gasteiger charge is 2.49. The van der Waals surface area contributed by atoms with Gasteiger partial charge in [0.25, 0.3) is 5.91 Å². The summed E-state index contributed by atoms with van der Waals surface area (Å²) in [5, 5.41) is 2.82. The molecule has 1 aliphatic heterocycles. The van der Waals surface area contributed by atoms with Gasteiger partial charge in [-0.25, -0.2) is 9.69 Å². The Hall–Kier alpha value is -3.35. The van der Waals surface area contributed by atoms with Gasteiger partial charge in [-0.2, -0.15) is 0 Å². The van der Waals surface area contributed by atoms with Crippen molar-refractivity contribution < 1.29 is 19.1 Å². The van der Waals surface area contributed by atoms with Crippen molar-refractivity contribution in [1.29, 1.82) is 0 Å². The molecule has 30 heavy (non-hydrogen) atoms. The molecule has 0 aromatic heterocycles. The van der Waals surface area contributed by atoms with Crippen molar-refractivity contribution >= 4 is 29.2 Å². The number of nitrogens with one attached hydrogen (secondary N) is 1. The van der Waals surface area contributed by atoms with Gasteiger partial charge >= 0.3 is 6.03 Å². The van der Waals surface area contributed by atoms with Gasteiger partial charge in [-0.1, -0.05) is 31.0 Å². The highest BCUT2D eigenvalue weighted by atomic mass is 16.5. The molecule has 0 unspecified atom stereocenters. The van der Waals surface area contributed by atoms with E-state index in [0.29, 0.717) is 17.1 Å². The topological polar surface area (TPSA) is 79.0 Å². The number of imide groups is 1. The summed E-state index contributed by atoms with van der Waals surface area (Å²) in [4.78, 5) is 42.0. The molecule has 0 radical (unpaired) electrons. The summed E-state index contributed by atoms with van der Waals surface area (Å²) in [5.74, 6) is 0.0442. The molecule has 156 valence electrons. The molecule has 7 heteroatoms. The van der Waals surface area contributed by atoms with Crippen LogP contribution in [0.1, 0.15) is 32.1 Å². The van der Waals surface area contributed by atoms with E-state index in [9.17, 15) is 14.4 Å². The Labute approximate surface area is 175 Å². The Balaban J connectivity index is 1.54. The van der Waals surface area contributed by atoms with Crippen LogP contribution in [0.5, 0.6) is 5.75 Å². The van der Waals surface area contributed by atoms with Crippen LogP contribution in [-0.2, 0) is 9.59 Å². The predicted octanol–water partition coefficient (Wildman–Crippen LogP) is 3.80. The molecule has 7 nitrogen and oxygen atoms in total. The van der Waals surface area contributed by atoms with Crippen LogP contribution in [0.25, 0.3) is 0 Å². The van der Waals surface area contributed by atoms with Crippen molar-refractivity contribution in [3.05, 3.63) is 54.6 Å². The first-order valence-electron chi connectivity index (χ1n) is 10.2. The molecule has 1 aliphatic carbocycles. The molecule has 0 bridgehead atoms. The second kappa shape index (κ2) is 8.57. The fourth-order valence-corrected chi connectivity index (χ4v) is 4.27. The van der Waals surface area contributed by atoms with E-state index in [1.165, 1.54) is 4.90 Å². The zero-order valence-corrected chi connectivity index (χ0v) is 16.9. The largest absolute Gasteiger partial charge is 0.497 e. The molecule has 1 N–H and O–H groups in total. The lowest BCUT2D eigenvalue weighted by molar-refractivity contribution is -0.124. The van der Waals surface area contributed by atoms with Crippen molar-refractivity contribution in [2.75, 3.05) is 17.3 Å². The summed E-state index contributed by atoms with van der Waals surface area (Å²) in [6, 6.07) is 14.7. The third-order valence-electron chi connectivity index (χ3n) is 5.74. The van der Waals surface area contributed by atoms with Gasteiger partial charge < -0.3 is 15.0 Å². The summed E-state index contributed by atoms with van der Waals surface area (Å²) in [6.45, 7) is 0. The molecular formula is C23H25N3O4. The maximum atomic E-state index is 13.2. The van der Waals surface area contributed by atoms with E-state index in [0.717, 1.165) is 25.7 Å². The Kier molecular flexibility index (Phi) is 5.70. The van der Waals surface area contributed by atoms with Gasteiger partial charge in [0.15, 0.2) is 0 Å². The number of carbonyl (C=O) groups excluding carboxylic acids is 3. The van der Waals surface area contributed by atoms with Gasteiger partial charge in [0.05, 0.1) is 19.2 Å². The fraction of sp³-hybridized carbons (Fsp3) is 0.348. The first-order valence-corrected chi connectivity index (χ1v) is 10.2. The Bertz CT molecular complexity index is 923. The van der Waals surface area contributed by atoms with Gasteiger partial charge in [-0.3, -0.25) is 9.59 Å². The maximum absolute atomic E-state index is 13.2. The number of para-hydroxylation sites is 1. The first kappa shape index (κ1) is 19.9. The van der Waals surface area contributed by atoms with Crippen LogP contribution in [0.15, 0.2) is 54.6 Å². The second-order valence-corrected chi connectivity index (χ2v) is 7.63. The van der Waals surface area contributed by atoms with Crippen LogP contribution >= 0.6 is 0 Å². The fourth-order valence-electron chi connectivity index (χ4n) is 4.27. The smallest absolute Gasteiger partial charge is 0.332 e. The number of nitrogens with zero attached hydrogens (tertiary/aromatic N) is 2. The van der Waals surface area contributed by atoms with Gasteiger partial charge in [0.1, 0.15) is 11.8 Å². The van der Waals surface area contributed by atoms with E-state index >= 15 is 0 Å². The van der Waals surface area contributed by atoms with E-state index in [-0.39, 0.29) is 30.3 Å². The SMILES string of the molecule is COc1ccc(NC(=O)C[C@@H]2C(=O)N(c3ccccc3)C(=O)N2C2CCCC2)cc1. The number of anilines is 2.